The molecule has 0 aliphatic carbocycles. The monoisotopic (exact) mass is 223 g/mol. The topological polar surface area (TPSA) is 69.4 Å². The molecular weight excluding hydrogens is 210 g/mol. The first-order chi connectivity index (χ1) is 7.63. The van der Waals surface area contributed by atoms with Crippen molar-refractivity contribution in [3.63, 3.8) is 0 Å². The molecule has 0 spiro atoms. The van der Waals surface area contributed by atoms with Gasteiger partial charge < -0.3 is 9.53 Å². The molecule has 0 amide bonds. The molecule has 0 saturated heterocycles. The third-order valence-corrected chi connectivity index (χ3v) is 2.10. The molecule has 0 aromatic heterocycles. The molecule has 1 unspecified atom stereocenters. The van der Waals surface area contributed by atoms with Gasteiger partial charge in [0.2, 0.25) is 0 Å². The van der Waals surface area contributed by atoms with E-state index in [9.17, 15) is 14.9 Å². The Bertz CT molecular complexity index is 378. The van der Waals surface area contributed by atoms with Crippen LogP contribution in [0.5, 0.6) is 5.75 Å². The number of nitro groups is 1. The number of benzene rings is 1. The van der Waals surface area contributed by atoms with E-state index < -0.39 is 4.92 Å². The number of ether oxygens (including phenoxy) is 1. The maximum Gasteiger partial charge on any atom is 0.273 e. The van der Waals surface area contributed by atoms with Crippen molar-refractivity contribution in [2.24, 2.45) is 5.92 Å². The molecule has 0 aliphatic rings. The van der Waals surface area contributed by atoms with Gasteiger partial charge in [0.25, 0.3) is 5.69 Å². The van der Waals surface area contributed by atoms with Crippen molar-refractivity contribution in [3.05, 3.63) is 34.4 Å². The van der Waals surface area contributed by atoms with Crippen molar-refractivity contribution >= 4 is 12.0 Å². The van der Waals surface area contributed by atoms with Crippen LogP contribution in [0.25, 0.3) is 0 Å². The molecule has 0 N–H and O–H groups in total. The number of nitro benzene ring substituents is 1. The molecule has 1 atom stereocenters. The van der Waals surface area contributed by atoms with Gasteiger partial charge in [-0.15, -0.1) is 0 Å². The number of carbonyl (C=O) groups is 1. The predicted octanol–water partition coefficient (Wildman–Crippen LogP) is 2.20. The van der Waals surface area contributed by atoms with Gasteiger partial charge in [-0.1, -0.05) is 13.0 Å². The van der Waals surface area contributed by atoms with Crippen LogP contribution in [-0.4, -0.2) is 17.8 Å². The Labute approximate surface area is 93.2 Å². The van der Waals surface area contributed by atoms with Gasteiger partial charge in [-0.3, -0.25) is 10.1 Å². The van der Waals surface area contributed by atoms with E-state index in [1.165, 1.54) is 12.1 Å². The Kier molecular flexibility index (Phi) is 4.44. The third kappa shape index (κ3) is 3.68. The summed E-state index contributed by atoms with van der Waals surface area (Å²) in [6, 6.07) is 5.99. The summed E-state index contributed by atoms with van der Waals surface area (Å²) in [5.74, 6) is 0.394. The molecule has 0 bridgehead atoms. The van der Waals surface area contributed by atoms with E-state index in [4.69, 9.17) is 4.74 Å². The summed E-state index contributed by atoms with van der Waals surface area (Å²) in [5, 5.41) is 10.5. The van der Waals surface area contributed by atoms with Crippen LogP contribution in [0.15, 0.2) is 24.3 Å². The molecule has 1 rings (SSSR count). The number of carbonyl (C=O) groups excluding carboxylic acids is 1. The van der Waals surface area contributed by atoms with Gasteiger partial charge in [0, 0.05) is 12.0 Å². The first-order valence-electron chi connectivity index (χ1n) is 4.96. The lowest BCUT2D eigenvalue weighted by Gasteiger charge is -2.06. The summed E-state index contributed by atoms with van der Waals surface area (Å²) in [4.78, 5) is 20.4. The molecule has 1 aromatic carbocycles. The van der Waals surface area contributed by atoms with Crippen molar-refractivity contribution in [2.45, 2.75) is 13.3 Å². The summed E-state index contributed by atoms with van der Waals surface area (Å²) >= 11 is 0. The fraction of sp³-hybridized carbons (Fsp3) is 0.364. The maximum atomic E-state index is 10.5. The highest BCUT2D eigenvalue weighted by Crippen LogP contribution is 2.19. The Balaban J connectivity index is 2.51. The van der Waals surface area contributed by atoms with Crippen LogP contribution >= 0.6 is 0 Å². The average molecular weight is 223 g/mol. The summed E-state index contributed by atoms with van der Waals surface area (Å²) in [5.41, 5.74) is 0.000867. The second-order valence-electron chi connectivity index (χ2n) is 3.50. The molecule has 16 heavy (non-hydrogen) atoms. The first kappa shape index (κ1) is 12.2. The Hall–Kier alpha value is -1.91. The summed E-state index contributed by atoms with van der Waals surface area (Å²) < 4.78 is 5.31. The fourth-order valence-electron chi connectivity index (χ4n) is 1.12. The Morgan fingerprint density at radius 2 is 2.31 bits per heavy atom. The van der Waals surface area contributed by atoms with Gasteiger partial charge in [0.15, 0.2) is 0 Å². The standard InChI is InChI=1S/C11H13NO4/c1-9(8-13)5-6-16-11-4-2-3-10(7-11)12(14)15/h2-4,7-9H,5-6H2,1H3. The lowest BCUT2D eigenvalue weighted by molar-refractivity contribution is -0.384. The predicted molar refractivity (Wildman–Crippen MR) is 58.4 cm³/mol. The van der Waals surface area contributed by atoms with Gasteiger partial charge in [-0.25, -0.2) is 0 Å². The summed E-state index contributed by atoms with van der Waals surface area (Å²) in [6.45, 7) is 2.17. The van der Waals surface area contributed by atoms with E-state index in [1.54, 1.807) is 19.1 Å². The Morgan fingerprint density at radius 3 is 2.94 bits per heavy atom. The highest BCUT2D eigenvalue weighted by molar-refractivity contribution is 5.52. The van der Waals surface area contributed by atoms with Crippen molar-refractivity contribution < 1.29 is 14.5 Å². The molecule has 86 valence electrons. The van der Waals surface area contributed by atoms with Crippen LogP contribution in [0.2, 0.25) is 0 Å². The van der Waals surface area contributed by atoms with Crippen molar-refractivity contribution in [3.8, 4) is 5.75 Å². The minimum absolute atomic E-state index is 0.000867. The first-order valence-corrected chi connectivity index (χ1v) is 4.96. The SMILES string of the molecule is CC(C=O)CCOc1cccc([N+](=O)[O-])c1. The third-order valence-electron chi connectivity index (χ3n) is 2.10. The molecule has 5 heteroatoms. The van der Waals surface area contributed by atoms with E-state index in [2.05, 4.69) is 0 Å². The van der Waals surface area contributed by atoms with Crippen LogP contribution in [0.1, 0.15) is 13.3 Å². The largest absolute Gasteiger partial charge is 0.493 e. The lowest BCUT2D eigenvalue weighted by atomic mass is 10.1. The number of non-ortho nitro benzene ring substituents is 1. The van der Waals surface area contributed by atoms with E-state index in [0.29, 0.717) is 18.8 Å². The van der Waals surface area contributed by atoms with Crippen LogP contribution in [-0.2, 0) is 4.79 Å². The smallest absolute Gasteiger partial charge is 0.273 e. The van der Waals surface area contributed by atoms with Crippen molar-refractivity contribution in [2.75, 3.05) is 6.61 Å². The molecular formula is C11H13NO4. The van der Waals surface area contributed by atoms with Gasteiger partial charge in [0.1, 0.15) is 12.0 Å². The molecule has 1 aromatic rings. The van der Waals surface area contributed by atoms with Crippen LogP contribution in [0, 0.1) is 16.0 Å². The second-order valence-corrected chi connectivity index (χ2v) is 3.50. The van der Waals surface area contributed by atoms with E-state index >= 15 is 0 Å². The van der Waals surface area contributed by atoms with Crippen LogP contribution in [0.3, 0.4) is 0 Å². The molecule has 0 aliphatic heterocycles. The average Bonchev–Trinajstić information content (AvgIpc) is 2.29. The number of rotatable bonds is 6. The minimum atomic E-state index is -0.471. The molecule has 0 fully saturated rings. The molecule has 0 radical (unpaired) electrons. The number of nitrogens with zero attached hydrogens (tertiary/aromatic N) is 1. The quantitative estimate of drug-likeness (QED) is 0.421. The fourth-order valence-corrected chi connectivity index (χ4v) is 1.12. The van der Waals surface area contributed by atoms with E-state index in [1.807, 2.05) is 0 Å². The van der Waals surface area contributed by atoms with Crippen LogP contribution in [0.4, 0.5) is 5.69 Å². The van der Waals surface area contributed by atoms with Crippen molar-refractivity contribution in [1.82, 2.24) is 0 Å². The number of aldehydes is 1. The summed E-state index contributed by atoms with van der Waals surface area (Å²) in [6.07, 6.45) is 1.46. The second kappa shape index (κ2) is 5.85. The van der Waals surface area contributed by atoms with Gasteiger partial charge in [-0.05, 0) is 12.5 Å². The zero-order valence-electron chi connectivity index (χ0n) is 8.96. The van der Waals surface area contributed by atoms with Crippen molar-refractivity contribution in [1.29, 1.82) is 0 Å². The highest BCUT2D eigenvalue weighted by Gasteiger charge is 2.06. The molecule has 0 saturated carbocycles. The highest BCUT2D eigenvalue weighted by atomic mass is 16.6. The lowest BCUT2D eigenvalue weighted by Crippen LogP contribution is -2.05. The van der Waals surface area contributed by atoms with Crippen LogP contribution < -0.4 is 4.74 Å². The number of hydrogen-bond donors (Lipinski definition) is 0. The van der Waals surface area contributed by atoms with E-state index in [0.717, 1.165) is 6.29 Å². The summed E-state index contributed by atoms with van der Waals surface area (Å²) in [7, 11) is 0. The van der Waals surface area contributed by atoms with E-state index in [-0.39, 0.29) is 11.6 Å². The molecule has 0 heterocycles. The Morgan fingerprint density at radius 1 is 1.56 bits per heavy atom. The van der Waals surface area contributed by atoms with Gasteiger partial charge in [-0.2, -0.15) is 0 Å². The molecule has 5 nitrogen and oxygen atoms in total. The maximum absolute atomic E-state index is 10.5. The normalized spacial score (nSPS) is 11.8. The zero-order valence-corrected chi connectivity index (χ0v) is 8.96. The zero-order chi connectivity index (χ0) is 12.0. The van der Waals surface area contributed by atoms with Gasteiger partial charge in [0.05, 0.1) is 17.6 Å². The minimum Gasteiger partial charge on any atom is -0.493 e. The van der Waals surface area contributed by atoms with Gasteiger partial charge >= 0.3 is 0 Å². The number of hydrogen-bond acceptors (Lipinski definition) is 4.